The number of aryl methyl sites for hydroxylation is 2. The molecule has 5 heteroatoms. The Morgan fingerprint density at radius 3 is 2.50 bits per heavy atom. The summed E-state index contributed by atoms with van der Waals surface area (Å²) >= 11 is 1.45. The van der Waals surface area contributed by atoms with Crippen LogP contribution < -0.4 is 5.32 Å². The quantitative estimate of drug-likeness (QED) is 0.863. The van der Waals surface area contributed by atoms with Crippen LogP contribution >= 0.6 is 11.3 Å². The van der Waals surface area contributed by atoms with Gasteiger partial charge in [0.2, 0.25) is 0 Å². The zero-order chi connectivity index (χ0) is 13.9. The van der Waals surface area contributed by atoms with Crippen LogP contribution in [0.4, 0.5) is 0 Å². The minimum Gasteiger partial charge on any atom is -0.481 e. The Bertz CT molecular complexity index is 463. The Hall–Kier alpha value is -1.36. The van der Waals surface area contributed by atoms with Gasteiger partial charge in [-0.1, -0.05) is 6.92 Å². The molecule has 0 fully saturated rings. The number of carbonyl (C=O) groups excluding carboxylic acids is 1. The molecule has 1 amide bonds. The second-order valence-corrected chi connectivity index (χ2v) is 6.21. The van der Waals surface area contributed by atoms with E-state index in [2.05, 4.69) is 5.32 Å². The van der Waals surface area contributed by atoms with Crippen LogP contribution in [0.5, 0.6) is 0 Å². The number of hydrogen-bond donors (Lipinski definition) is 2. The lowest BCUT2D eigenvalue weighted by atomic mass is 10.0. The lowest BCUT2D eigenvalue weighted by Crippen LogP contribution is -2.44. The number of rotatable bonds is 5. The Morgan fingerprint density at radius 2 is 2.06 bits per heavy atom. The molecule has 0 aromatic carbocycles. The fraction of sp³-hybridized carbons (Fsp3) is 0.538. The summed E-state index contributed by atoms with van der Waals surface area (Å²) in [5.74, 6) is -1.12. The van der Waals surface area contributed by atoms with Crippen LogP contribution in [0, 0.1) is 6.92 Å². The highest BCUT2D eigenvalue weighted by atomic mass is 32.1. The molecule has 18 heavy (non-hydrogen) atoms. The molecule has 0 aliphatic carbocycles. The largest absolute Gasteiger partial charge is 0.481 e. The standard InChI is InChI=1S/C13H19NO3S/c1-5-9-6-10(18-8(9)2)12(17)14-13(3,4)7-11(15)16/h6H,5,7H2,1-4H3,(H,14,17)(H,15,16). The maximum absolute atomic E-state index is 12.0. The van der Waals surface area contributed by atoms with E-state index in [1.165, 1.54) is 16.9 Å². The number of carboxylic acid groups (broad SMARTS) is 1. The van der Waals surface area contributed by atoms with E-state index in [1.54, 1.807) is 13.8 Å². The molecule has 4 nitrogen and oxygen atoms in total. The number of aliphatic carboxylic acids is 1. The van der Waals surface area contributed by atoms with Gasteiger partial charge in [-0.15, -0.1) is 11.3 Å². The average Bonchev–Trinajstić information content (AvgIpc) is 2.56. The fourth-order valence-corrected chi connectivity index (χ4v) is 2.78. The number of amides is 1. The van der Waals surface area contributed by atoms with Crippen LogP contribution in [0.1, 0.15) is 47.3 Å². The highest BCUT2D eigenvalue weighted by Crippen LogP contribution is 2.22. The Morgan fingerprint density at radius 1 is 1.44 bits per heavy atom. The highest BCUT2D eigenvalue weighted by Gasteiger charge is 2.25. The topological polar surface area (TPSA) is 66.4 Å². The molecule has 0 saturated carbocycles. The second kappa shape index (κ2) is 5.52. The zero-order valence-electron chi connectivity index (χ0n) is 11.2. The molecule has 0 aliphatic rings. The minimum absolute atomic E-state index is 0.0935. The monoisotopic (exact) mass is 269 g/mol. The van der Waals surface area contributed by atoms with Gasteiger partial charge in [-0.25, -0.2) is 0 Å². The molecule has 100 valence electrons. The molecule has 2 N–H and O–H groups in total. The second-order valence-electron chi connectivity index (χ2n) is 4.95. The van der Waals surface area contributed by atoms with E-state index >= 15 is 0 Å². The lowest BCUT2D eigenvalue weighted by Gasteiger charge is -2.23. The van der Waals surface area contributed by atoms with Crippen LogP contribution in [0.15, 0.2) is 6.07 Å². The molecule has 0 atom stereocenters. The van der Waals surface area contributed by atoms with Crippen molar-refractivity contribution in [3.05, 3.63) is 21.4 Å². The van der Waals surface area contributed by atoms with Gasteiger partial charge >= 0.3 is 5.97 Å². The van der Waals surface area contributed by atoms with Crippen molar-refractivity contribution in [2.45, 2.75) is 46.1 Å². The highest BCUT2D eigenvalue weighted by molar-refractivity contribution is 7.14. The van der Waals surface area contributed by atoms with Crippen LogP contribution in [-0.4, -0.2) is 22.5 Å². The van der Waals surface area contributed by atoms with E-state index in [-0.39, 0.29) is 12.3 Å². The number of thiophene rings is 1. The summed E-state index contributed by atoms with van der Waals surface area (Å²) in [6.45, 7) is 7.45. The first-order valence-corrected chi connectivity index (χ1v) is 6.70. The summed E-state index contributed by atoms with van der Waals surface area (Å²) in [7, 11) is 0. The average molecular weight is 269 g/mol. The van der Waals surface area contributed by atoms with Crippen LogP contribution in [0.25, 0.3) is 0 Å². The molecule has 1 rings (SSSR count). The maximum Gasteiger partial charge on any atom is 0.305 e. The molecular weight excluding hydrogens is 250 g/mol. The predicted molar refractivity (Wildman–Crippen MR) is 72.2 cm³/mol. The number of hydrogen-bond acceptors (Lipinski definition) is 3. The van der Waals surface area contributed by atoms with Gasteiger partial charge in [0.15, 0.2) is 0 Å². The van der Waals surface area contributed by atoms with Crippen molar-refractivity contribution in [2.24, 2.45) is 0 Å². The summed E-state index contributed by atoms with van der Waals surface area (Å²) < 4.78 is 0. The summed E-state index contributed by atoms with van der Waals surface area (Å²) in [5, 5.41) is 11.5. The summed E-state index contributed by atoms with van der Waals surface area (Å²) in [4.78, 5) is 24.5. The molecule has 0 radical (unpaired) electrons. The third kappa shape index (κ3) is 3.84. The molecule has 1 heterocycles. The van der Waals surface area contributed by atoms with Crippen molar-refractivity contribution in [2.75, 3.05) is 0 Å². The van der Waals surface area contributed by atoms with Crippen molar-refractivity contribution in [1.29, 1.82) is 0 Å². The summed E-state index contributed by atoms with van der Waals surface area (Å²) in [6.07, 6.45) is 0.803. The van der Waals surface area contributed by atoms with Gasteiger partial charge in [0.1, 0.15) is 0 Å². The number of nitrogens with one attached hydrogen (secondary N) is 1. The molecule has 1 aromatic heterocycles. The molecule has 1 aromatic rings. The first-order valence-electron chi connectivity index (χ1n) is 5.89. The predicted octanol–water partition coefficient (Wildman–Crippen LogP) is 2.60. The molecule has 0 bridgehead atoms. The zero-order valence-corrected chi connectivity index (χ0v) is 12.0. The lowest BCUT2D eigenvalue weighted by molar-refractivity contribution is -0.138. The molecule has 0 spiro atoms. The molecule has 0 saturated heterocycles. The van der Waals surface area contributed by atoms with Gasteiger partial charge in [-0.05, 0) is 38.8 Å². The van der Waals surface area contributed by atoms with Gasteiger partial charge in [-0.3, -0.25) is 9.59 Å². The third-order valence-electron chi connectivity index (χ3n) is 2.67. The molecule has 0 unspecified atom stereocenters. The van der Waals surface area contributed by atoms with Gasteiger partial charge in [0, 0.05) is 10.4 Å². The minimum atomic E-state index is -0.920. The van der Waals surface area contributed by atoms with E-state index in [0.29, 0.717) is 4.88 Å². The van der Waals surface area contributed by atoms with Crippen LogP contribution in [0.3, 0.4) is 0 Å². The first kappa shape index (κ1) is 14.7. The normalized spacial score (nSPS) is 11.3. The van der Waals surface area contributed by atoms with E-state index < -0.39 is 11.5 Å². The fourth-order valence-electron chi connectivity index (χ4n) is 1.77. The van der Waals surface area contributed by atoms with E-state index in [9.17, 15) is 9.59 Å². The summed E-state index contributed by atoms with van der Waals surface area (Å²) in [5.41, 5.74) is 0.425. The van der Waals surface area contributed by atoms with E-state index in [4.69, 9.17) is 5.11 Å². The van der Waals surface area contributed by atoms with Crippen molar-refractivity contribution >= 4 is 23.2 Å². The Labute approximate surface area is 111 Å². The third-order valence-corrected chi connectivity index (χ3v) is 3.76. The van der Waals surface area contributed by atoms with Gasteiger partial charge in [0.05, 0.1) is 11.3 Å². The van der Waals surface area contributed by atoms with E-state index in [1.807, 2.05) is 19.9 Å². The Balaban J connectivity index is 2.78. The molecular formula is C13H19NO3S. The number of carbonyl (C=O) groups is 2. The summed E-state index contributed by atoms with van der Waals surface area (Å²) in [6, 6.07) is 1.88. The van der Waals surface area contributed by atoms with Crippen molar-refractivity contribution < 1.29 is 14.7 Å². The number of carboxylic acids is 1. The molecule has 0 aliphatic heterocycles. The SMILES string of the molecule is CCc1cc(C(=O)NC(C)(C)CC(=O)O)sc1C. The van der Waals surface area contributed by atoms with E-state index in [0.717, 1.165) is 11.3 Å². The van der Waals surface area contributed by atoms with Crippen LogP contribution in [-0.2, 0) is 11.2 Å². The van der Waals surface area contributed by atoms with Gasteiger partial charge in [0.25, 0.3) is 5.91 Å². The Kier molecular flexibility index (Phi) is 4.51. The maximum atomic E-state index is 12.0. The first-order chi connectivity index (χ1) is 8.25. The smallest absolute Gasteiger partial charge is 0.305 e. The van der Waals surface area contributed by atoms with Gasteiger partial charge < -0.3 is 10.4 Å². The van der Waals surface area contributed by atoms with Crippen molar-refractivity contribution in [3.8, 4) is 0 Å². The van der Waals surface area contributed by atoms with Gasteiger partial charge in [-0.2, -0.15) is 0 Å². The van der Waals surface area contributed by atoms with Crippen LogP contribution in [0.2, 0.25) is 0 Å². The van der Waals surface area contributed by atoms with Crippen molar-refractivity contribution in [1.82, 2.24) is 5.32 Å². The van der Waals surface area contributed by atoms with Crippen molar-refractivity contribution in [3.63, 3.8) is 0 Å².